The molecule has 0 aliphatic rings. The van der Waals surface area contributed by atoms with Crippen LogP contribution in [0.15, 0.2) is 107 Å². The number of hydrogen-bond acceptors (Lipinski definition) is 6. The molecule has 1 amide bonds. The third-order valence-corrected chi connectivity index (χ3v) is 5.83. The number of carbonyl (C=O) groups excluding carboxylic acids is 1. The van der Waals surface area contributed by atoms with Crippen molar-refractivity contribution in [1.29, 1.82) is 0 Å². The molecule has 3 aromatic heterocycles. The van der Waals surface area contributed by atoms with E-state index in [0.29, 0.717) is 5.82 Å². The van der Waals surface area contributed by atoms with Crippen molar-refractivity contribution in [2.45, 2.75) is 13.1 Å². The van der Waals surface area contributed by atoms with E-state index in [1.807, 2.05) is 60.7 Å². The molecule has 0 aliphatic heterocycles. The van der Waals surface area contributed by atoms with Crippen LogP contribution in [-0.4, -0.2) is 30.2 Å². The summed E-state index contributed by atoms with van der Waals surface area (Å²) in [6, 6.07) is 23.5. The molecule has 0 bridgehead atoms. The molecular formula is C27H23N7O3. The third-order valence-electron chi connectivity index (χ3n) is 5.83. The molecule has 3 N–H and O–H groups in total. The number of benzene rings is 2. The molecule has 0 atom stereocenters. The van der Waals surface area contributed by atoms with Gasteiger partial charge in [-0.05, 0) is 29.3 Å². The Labute approximate surface area is 211 Å². The van der Waals surface area contributed by atoms with E-state index in [1.165, 1.54) is 15.7 Å². The summed E-state index contributed by atoms with van der Waals surface area (Å²) in [6.45, 7) is 0.181. The third kappa shape index (κ3) is 4.94. The predicted octanol–water partition coefficient (Wildman–Crippen LogP) is 2.59. The van der Waals surface area contributed by atoms with Crippen LogP contribution in [0.1, 0.15) is 21.5 Å². The number of aromatic nitrogens is 5. The molecule has 10 nitrogen and oxygen atoms in total. The Morgan fingerprint density at radius 2 is 1.62 bits per heavy atom. The van der Waals surface area contributed by atoms with Crippen molar-refractivity contribution in [3.63, 3.8) is 0 Å². The second kappa shape index (κ2) is 10.2. The van der Waals surface area contributed by atoms with E-state index in [2.05, 4.69) is 15.1 Å². The summed E-state index contributed by atoms with van der Waals surface area (Å²) >= 11 is 0. The van der Waals surface area contributed by atoms with E-state index < -0.39 is 17.2 Å². The van der Waals surface area contributed by atoms with Gasteiger partial charge in [0.2, 0.25) is 0 Å². The number of amides is 1. The van der Waals surface area contributed by atoms with Crippen molar-refractivity contribution in [2.24, 2.45) is 0 Å². The van der Waals surface area contributed by atoms with Crippen LogP contribution in [0.25, 0.3) is 5.82 Å². The van der Waals surface area contributed by atoms with Crippen LogP contribution in [0, 0.1) is 0 Å². The minimum absolute atomic E-state index is 0.0530. The molecule has 0 aliphatic carbocycles. The van der Waals surface area contributed by atoms with Crippen molar-refractivity contribution < 1.29 is 4.79 Å². The number of hydrogen-bond donors (Lipinski definition) is 2. The largest absolute Gasteiger partial charge is 0.383 e. The number of anilines is 2. The number of carbonyl (C=O) groups is 1. The van der Waals surface area contributed by atoms with Crippen molar-refractivity contribution in [3.8, 4) is 5.82 Å². The van der Waals surface area contributed by atoms with Gasteiger partial charge in [0.05, 0.1) is 18.7 Å². The zero-order valence-corrected chi connectivity index (χ0v) is 19.7. The van der Waals surface area contributed by atoms with Crippen molar-refractivity contribution in [2.75, 3.05) is 10.6 Å². The minimum Gasteiger partial charge on any atom is -0.383 e. The topological polar surface area (TPSA) is 132 Å². The number of H-pyrrole nitrogens is 1. The molecule has 0 radical (unpaired) electrons. The lowest BCUT2D eigenvalue weighted by Crippen LogP contribution is -2.41. The highest BCUT2D eigenvalue weighted by molar-refractivity contribution is 6.07. The van der Waals surface area contributed by atoms with Crippen LogP contribution in [0.4, 0.5) is 11.5 Å². The lowest BCUT2D eigenvalue weighted by atomic mass is 10.1. The molecule has 0 fully saturated rings. The maximum atomic E-state index is 13.8. The summed E-state index contributed by atoms with van der Waals surface area (Å²) in [5.74, 6) is -0.0709. The van der Waals surface area contributed by atoms with Gasteiger partial charge >= 0.3 is 5.69 Å². The van der Waals surface area contributed by atoms with E-state index >= 15 is 0 Å². The zero-order valence-electron chi connectivity index (χ0n) is 19.7. The van der Waals surface area contributed by atoms with Gasteiger partial charge in [0, 0.05) is 18.6 Å². The standard InChI is InChI=1S/C27H23N7O3/c28-24-23(25(35)31-27(37)33(24)18-20-10-5-2-6-11-20)32(17-19-8-3-1-4-9-19)26(36)21-12-13-22(29-16-21)34-15-7-14-30-34/h1-16H,17-18,28H2,(H,31,35,37). The SMILES string of the molecule is Nc1c(N(Cc2ccccc2)C(=O)c2ccc(-n3cccn3)nc2)c(=O)[nH]c(=O)n1Cc1ccccc1. The zero-order chi connectivity index (χ0) is 25.8. The number of nitrogen functional groups attached to an aromatic ring is 1. The van der Waals surface area contributed by atoms with Crippen LogP contribution in [0.5, 0.6) is 0 Å². The van der Waals surface area contributed by atoms with Crippen LogP contribution in [0.3, 0.4) is 0 Å². The Bertz CT molecular complexity index is 1630. The van der Waals surface area contributed by atoms with Gasteiger partial charge in [-0.1, -0.05) is 60.7 Å². The Hall–Kier alpha value is -5.25. The van der Waals surface area contributed by atoms with Crippen LogP contribution >= 0.6 is 0 Å². The van der Waals surface area contributed by atoms with E-state index in [0.717, 1.165) is 11.1 Å². The van der Waals surface area contributed by atoms with Gasteiger partial charge in [-0.15, -0.1) is 0 Å². The van der Waals surface area contributed by atoms with Gasteiger partial charge in [-0.3, -0.25) is 24.0 Å². The average molecular weight is 494 g/mol. The Balaban J connectivity index is 1.58. The average Bonchev–Trinajstić information content (AvgIpc) is 3.46. The summed E-state index contributed by atoms with van der Waals surface area (Å²) in [5.41, 5.74) is 6.72. The number of aromatic amines is 1. The fraction of sp³-hybridized carbons (Fsp3) is 0.0741. The first kappa shape index (κ1) is 23.5. The highest BCUT2D eigenvalue weighted by atomic mass is 16.2. The number of nitrogens with one attached hydrogen (secondary N) is 1. The van der Waals surface area contributed by atoms with E-state index in [9.17, 15) is 14.4 Å². The Kier molecular flexibility index (Phi) is 6.45. The fourth-order valence-corrected chi connectivity index (χ4v) is 3.99. The second-order valence-electron chi connectivity index (χ2n) is 8.30. The molecule has 0 unspecified atom stereocenters. The number of rotatable bonds is 7. The van der Waals surface area contributed by atoms with Crippen LogP contribution < -0.4 is 21.9 Å². The first-order valence-electron chi connectivity index (χ1n) is 11.5. The van der Waals surface area contributed by atoms with Crippen LogP contribution in [0.2, 0.25) is 0 Å². The second-order valence-corrected chi connectivity index (χ2v) is 8.30. The summed E-state index contributed by atoms with van der Waals surface area (Å²) < 4.78 is 2.81. The van der Waals surface area contributed by atoms with E-state index in [4.69, 9.17) is 5.73 Å². The summed E-state index contributed by atoms with van der Waals surface area (Å²) in [6.07, 6.45) is 4.78. The smallest absolute Gasteiger partial charge is 0.330 e. The molecule has 5 aromatic rings. The first-order chi connectivity index (χ1) is 18.0. The summed E-state index contributed by atoms with van der Waals surface area (Å²) in [7, 11) is 0. The maximum Gasteiger partial charge on any atom is 0.330 e. The molecule has 10 heteroatoms. The molecule has 184 valence electrons. The van der Waals surface area contributed by atoms with E-state index in [1.54, 1.807) is 35.3 Å². The molecule has 3 heterocycles. The van der Waals surface area contributed by atoms with Gasteiger partial charge in [0.1, 0.15) is 5.82 Å². The summed E-state index contributed by atoms with van der Waals surface area (Å²) in [5, 5.41) is 4.14. The fourth-order valence-electron chi connectivity index (χ4n) is 3.99. The number of pyridine rings is 1. The first-order valence-corrected chi connectivity index (χ1v) is 11.5. The molecule has 0 saturated carbocycles. The van der Waals surface area contributed by atoms with Gasteiger partial charge in [0.15, 0.2) is 11.5 Å². The molecule has 0 saturated heterocycles. The van der Waals surface area contributed by atoms with Crippen LogP contribution in [-0.2, 0) is 13.1 Å². The lowest BCUT2D eigenvalue weighted by molar-refractivity contribution is 0.0984. The van der Waals surface area contributed by atoms with Crippen molar-refractivity contribution in [3.05, 3.63) is 135 Å². The van der Waals surface area contributed by atoms with Crippen molar-refractivity contribution in [1.82, 2.24) is 24.3 Å². The highest BCUT2D eigenvalue weighted by Crippen LogP contribution is 2.23. The quantitative estimate of drug-likeness (QED) is 0.358. The molecule has 0 spiro atoms. The lowest BCUT2D eigenvalue weighted by Gasteiger charge is -2.25. The Morgan fingerprint density at radius 1 is 0.919 bits per heavy atom. The number of nitrogens with zero attached hydrogens (tertiary/aromatic N) is 5. The van der Waals surface area contributed by atoms with Gasteiger partial charge in [-0.2, -0.15) is 5.10 Å². The molecular weight excluding hydrogens is 470 g/mol. The highest BCUT2D eigenvalue weighted by Gasteiger charge is 2.26. The minimum atomic E-state index is -0.753. The monoisotopic (exact) mass is 493 g/mol. The molecule has 5 rings (SSSR count). The molecule has 2 aromatic carbocycles. The van der Waals surface area contributed by atoms with E-state index in [-0.39, 0.29) is 30.2 Å². The van der Waals surface area contributed by atoms with Gasteiger partial charge < -0.3 is 5.73 Å². The Morgan fingerprint density at radius 3 is 2.24 bits per heavy atom. The maximum absolute atomic E-state index is 13.8. The van der Waals surface area contributed by atoms with Gasteiger partial charge in [-0.25, -0.2) is 14.5 Å². The normalized spacial score (nSPS) is 10.8. The number of nitrogens with two attached hydrogens (primary N) is 1. The van der Waals surface area contributed by atoms with Crippen molar-refractivity contribution >= 4 is 17.4 Å². The summed E-state index contributed by atoms with van der Waals surface area (Å²) in [4.78, 5) is 47.5. The predicted molar refractivity (Wildman–Crippen MR) is 140 cm³/mol. The molecule has 37 heavy (non-hydrogen) atoms. The van der Waals surface area contributed by atoms with Gasteiger partial charge in [0.25, 0.3) is 11.5 Å².